The third-order valence-corrected chi connectivity index (χ3v) is 5.77. The molecule has 3 amide bonds. The number of amides is 3. The fourth-order valence-corrected chi connectivity index (χ4v) is 4.00. The average Bonchev–Trinajstić information content (AvgIpc) is 3.01. The van der Waals surface area contributed by atoms with Crippen LogP contribution in [0.5, 0.6) is 5.75 Å². The summed E-state index contributed by atoms with van der Waals surface area (Å²) in [5, 5.41) is 0. The number of unbranched alkanes of at least 4 members (excludes halogenated alkanes) is 1. The molecule has 6 nitrogen and oxygen atoms in total. The summed E-state index contributed by atoms with van der Waals surface area (Å²) in [6, 6.07) is 16.6. The number of carbonyl (C=O) groups is 2. The fraction of sp³-hybridized carbons (Fsp3) is 0.417. The highest BCUT2D eigenvalue weighted by molar-refractivity contribution is 5.97. The van der Waals surface area contributed by atoms with E-state index >= 15 is 0 Å². The minimum Gasteiger partial charge on any atom is -0.497 e. The van der Waals surface area contributed by atoms with E-state index in [1.165, 1.54) is 0 Å². The number of hydrogen-bond donors (Lipinski definition) is 0. The molecule has 160 valence electrons. The van der Waals surface area contributed by atoms with Gasteiger partial charge in [0.1, 0.15) is 18.0 Å². The van der Waals surface area contributed by atoms with Crippen LogP contribution in [0.2, 0.25) is 0 Å². The first kappa shape index (κ1) is 21.7. The van der Waals surface area contributed by atoms with Crippen LogP contribution in [0, 0.1) is 0 Å². The Kier molecular flexibility index (Phi) is 6.98. The van der Waals surface area contributed by atoms with Gasteiger partial charge in [0.25, 0.3) is 0 Å². The molecule has 0 aromatic heterocycles. The number of likely N-dealkylation sites (N-methyl/N-ethyl adjacent to an activating group) is 1. The Hall–Kier alpha value is -3.02. The van der Waals surface area contributed by atoms with Crippen molar-refractivity contribution in [2.75, 3.05) is 26.1 Å². The zero-order valence-electron chi connectivity index (χ0n) is 18.2. The summed E-state index contributed by atoms with van der Waals surface area (Å²) >= 11 is 0. The molecule has 0 N–H and O–H groups in total. The van der Waals surface area contributed by atoms with Gasteiger partial charge in [-0.05, 0) is 30.5 Å². The number of urea groups is 1. The molecular formula is C24H31N3O3. The number of ether oxygens (including phenoxy) is 1. The minimum atomic E-state index is -0.514. The second-order valence-electron chi connectivity index (χ2n) is 7.73. The predicted octanol–water partition coefficient (Wildman–Crippen LogP) is 4.15. The van der Waals surface area contributed by atoms with Crippen LogP contribution in [0.1, 0.15) is 31.7 Å². The van der Waals surface area contributed by atoms with Gasteiger partial charge in [0.2, 0.25) is 5.91 Å². The summed E-state index contributed by atoms with van der Waals surface area (Å²) in [4.78, 5) is 31.9. The Morgan fingerprint density at radius 1 is 1.13 bits per heavy atom. The normalized spacial score (nSPS) is 18.6. The molecule has 1 aliphatic heterocycles. The third-order valence-electron chi connectivity index (χ3n) is 5.77. The second-order valence-corrected chi connectivity index (χ2v) is 7.73. The van der Waals surface area contributed by atoms with Crippen LogP contribution >= 0.6 is 0 Å². The molecule has 1 heterocycles. The van der Waals surface area contributed by atoms with Gasteiger partial charge in [-0.2, -0.15) is 0 Å². The zero-order valence-corrected chi connectivity index (χ0v) is 18.2. The van der Waals surface area contributed by atoms with E-state index in [1.807, 2.05) is 54.6 Å². The molecule has 0 saturated carbocycles. The number of benzene rings is 2. The lowest BCUT2D eigenvalue weighted by atomic mass is 10.0. The number of carbonyl (C=O) groups excluding carboxylic acids is 2. The van der Waals surface area contributed by atoms with Gasteiger partial charge in [0, 0.05) is 32.3 Å². The number of rotatable bonds is 7. The smallest absolute Gasteiger partial charge is 0.326 e. The summed E-state index contributed by atoms with van der Waals surface area (Å²) in [5.41, 5.74) is 1.77. The molecule has 0 radical (unpaired) electrons. The molecule has 1 aliphatic rings. The molecule has 2 atom stereocenters. The van der Waals surface area contributed by atoms with Crippen molar-refractivity contribution < 1.29 is 14.3 Å². The first-order valence-electron chi connectivity index (χ1n) is 10.5. The van der Waals surface area contributed by atoms with Crippen LogP contribution in [0.4, 0.5) is 10.5 Å². The van der Waals surface area contributed by atoms with Crippen LogP contribution in [0.25, 0.3) is 0 Å². The zero-order chi connectivity index (χ0) is 21.7. The highest BCUT2D eigenvalue weighted by Gasteiger charge is 2.47. The van der Waals surface area contributed by atoms with Crippen molar-refractivity contribution in [1.29, 1.82) is 0 Å². The number of hydrogen-bond acceptors (Lipinski definition) is 3. The first-order valence-corrected chi connectivity index (χ1v) is 10.5. The predicted molar refractivity (Wildman–Crippen MR) is 119 cm³/mol. The standard InChI is InChI=1S/C24H31N3O3/c1-5-6-15-22-26(3)23(28)21(16-18-11-8-7-9-12-18)27(22)24(29)25(2)19-13-10-14-20(17-19)30-4/h7-14,17,21-22H,5-6,15-16H2,1-4H3. The number of methoxy groups -OCH3 is 1. The second kappa shape index (κ2) is 9.65. The van der Waals surface area contributed by atoms with Crippen LogP contribution in [-0.2, 0) is 11.2 Å². The molecule has 30 heavy (non-hydrogen) atoms. The van der Waals surface area contributed by atoms with E-state index in [9.17, 15) is 9.59 Å². The van der Waals surface area contributed by atoms with Gasteiger partial charge in [0.05, 0.1) is 7.11 Å². The molecule has 1 saturated heterocycles. The summed E-state index contributed by atoms with van der Waals surface area (Å²) < 4.78 is 5.30. The van der Waals surface area contributed by atoms with Crippen molar-refractivity contribution in [3.63, 3.8) is 0 Å². The fourth-order valence-electron chi connectivity index (χ4n) is 4.00. The monoisotopic (exact) mass is 409 g/mol. The Balaban J connectivity index is 1.93. The van der Waals surface area contributed by atoms with Crippen molar-refractivity contribution in [3.8, 4) is 5.75 Å². The summed E-state index contributed by atoms with van der Waals surface area (Å²) in [6.07, 6.45) is 2.99. The van der Waals surface area contributed by atoms with Gasteiger partial charge in [-0.25, -0.2) is 4.79 Å². The Bertz CT molecular complexity index is 871. The molecule has 6 heteroatoms. The topological polar surface area (TPSA) is 53.1 Å². The van der Waals surface area contributed by atoms with Gasteiger partial charge in [0.15, 0.2) is 0 Å². The van der Waals surface area contributed by atoms with Crippen LogP contribution in [0.3, 0.4) is 0 Å². The SMILES string of the molecule is CCCCC1N(C)C(=O)C(Cc2ccccc2)N1C(=O)N(C)c1cccc(OC)c1. The Labute approximate surface area is 179 Å². The molecule has 0 spiro atoms. The lowest BCUT2D eigenvalue weighted by Gasteiger charge is -2.33. The Morgan fingerprint density at radius 3 is 2.53 bits per heavy atom. The minimum absolute atomic E-state index is 0.00708. The molecule has 1 fully saturated rings. The molecule has 2 unspecified atom stereocenters. The molecular weight excluding hydrogens is 378 g/mol. The molecule has 0 aliphatic carbocycles. The maximum absolute atomic E-state index is 13.6. The van der Waals surface area contributed by atoms with Gasteiger partial charge in [-0.1, -0.05) is 49.7 Å². The van der Waals surface area contributed by atoms with E-state index in [2.05, 4.69) is 6.92 Å². The van der Waals surface area contributed by atoms with Gasteiger partial charge >= 0.3 is 6.03 Å². The highest BCUT2D eigenvalue weighted by atomic mass is 16.5. The lowest BCUT2D eigenvalue weighted by molar-refractivity contribution is -0.128. The van der Waals surface area contributed by atoms with Gasteiger partial charge < -0.3 is 9.64 Å². The van der Waals surface area contributed by atoms with Crippen molar-refractivity contribution in [2.24, 2.45) is 0 Å². The summed E-state index contributed by atoms with van der Waals surface area (Å²) in [5.74, 6) is 0.678. The largest absolute Gasteiger partial charge is 0.497 e. The van der Waals surface area contributed by atoms with E-state index in [4.69, 9.17) is 4.74 Å². The molecule has 2 aromatic carbocycles. The van der Waals surface area contributed by atoms with E-state index in [-0.39, 0.29) is 18.1 Å². The molecule has 2 aromatic rings. The van der Waals surface area contributed by atoms with E-state index in [0.29, 0.717) is 12.2 Å². The maximum atomic E-state index is 13.6. The molecule has 3 rings (SSSR count). The summed E-state index contributed by atoms with van der Waals surface area (Å²) in [7, 11) is 5.15. The number of anilines is 1. The van der Waals surface area contributed by atoms with Gasteiger partial charge in [-0.15, -0.1) is 0 Å². The van der Waals surface area contributed by atoms with Crippen LogP contribution < -0.4 is 9.64 Å². The van der Waals surface area contributed by atoms with E-state index in [1.54, 1.807) is 35.9 Å². The quantitative estimate of drug-likeness (QED) is 0.690. The van der Waals surface area contributed by atoms with E-state index in [0.717, 1.165) is 30.5 Å². The highest BCUT2D eigenvalue weighted by Crippen LogP contribution is 2.30. The van der Waals surface area contributed by atoms with Gasteiger partial charge in [-0.3, -0.25) is 14.6 Å². The average molecular weight is 410 g/mol. The van der Waals surface area contributed by atoms with Crippen LogP contribution in [0.15, 0.2) is 54.6 Å². The summed E-state index contributed by atoms with van der Waals surface area (Å²) in [6.45, 7) is 2.12. The van der Waals surface area contributed by atoms with Crippen molar-refractivity contribution in [1.82, 2.24) is 9.80 Å². The lowest BCUT2D eigenvalue weighted by Crippen LogP contribution is -2.50. The maximum Gasteiger partial charge on any atom is 0.326 e. The van der Waals surface area contributed by atoms with Crippen molar-refractivity contribution in [3.05, 3.63) is 60.2 Å². The van der Waals surface area contributed by atoms with E-state index < -0.39 is 6.04 Å². The molecule has 0 bridgehead atoms. The first-order chi connectivity index (χ1) is 14.5. The van der Waals surface area contributed by atoms with Crippen molar-refractivity contribution >= 4 is 17.6 Å². The number of nitrogens with zero attached hydrogens (tertiary/aromatic N) is 3. The third kappa shape index (κ3) is 4.42. The Morgan fingerprint density at radius 2 is 1.87 bits per heavy atom. The van der Waals surface area contributed by atoms with Crippen molar-refractivity contribution in [2.45, 2.75) is 44.8 Å². The van der Waals surface area contributed by atoms with Crippen LogP contribution in [-0.4, -0.2) is 55.2 Å².